The van der Waals surface area contributed by atoms with E-state index in [4.69, 9.17) is 0 Å². The van der Waals surface area contributed by atoms with E-state index in [1.165, 1.54) is 0 Å². The molecule has 0 radical (unpaired) electrons. The van der Waals surface area contributed by atoms with Gasteiger partial charge in [-0.15, -0.1) is 0 Å². The van der Waals surface area contributed by atoms with Crippen LogP contribution in [0, 0.1) is 0 Å². The Kier molecular flexibility index (Phi) is 5.36. The highest BCUT2D eigenvalue weighted by Gasteiger charge is 2.58. The summed E-state index contributed by atoms with van der Waals surface area (Å²) in [5.41, 5.74) is 0. The lowest BCUT2D eigenvalue weighted by atomic mass is 10.3. The fourth-order valence-electron chi connectivity index (χ4n) is 0.694. The van der Waals surface area contributed by atoms with Crippen molar-refractivity contribution in [2.45, 2.75) is 31.8 Å². The predicted molar refractivity (Wildman–Crippen MR) is 38.1 cm³/mol. The number of halogens is 6. The fraction of sp³-hybridized carbons (Fsp3) is 1.00. The lowest BCUT2D eigenvalue weighted by molar-refractivity contribution is -0.335. The SMILES string of the molecule is CCCOCOC(C(F)(F)F)C(F)(F)F. The van der Waals surface area contributed by atoms with E-state index < -0.39 is 25.2 Å². The van der Waals surface area contributed by atoms with Gasteiger partial charge in [-0.3, -0.25) is 0 Å². The Balaban J connectivity index is 4.17. The van der Waals surface area contributed by atoms with Gasteiger partial charge in [-0.2, -0.15) is 26.3 Å². The first-order valence-corrected chi connectivity index (χ1v) is 4.02. The highest BCUT2D eigenvalue weighted by Crippen LogP contribution is 2.35. The van der Waals surface area contributed by atoms with Crippen LogP contribution in [0.1, 0.15) is 13.3 Å². The summed E-state index contributed by atoms with van der Waals surface area (Å²) in [4.78, 5) is 0. The minimum Gasteiger partial charge on any atom is -0.355 e. The molecule has 0 aromatic heterocycles. The molecule has 15 heavy (non-hydrogen) atoms. The highest BCUT2D eigenvalue weighted by atomic mass is 19.4. The lowest BCUT2D eigenvalue weighted by Crippen LogP contribution is -2.44. The summed E-state index contributed by atoms with van der Waals surface area (Å²) >= 11 is 0. The number of alkyl halides is 6. The van der Waals surface area contributed by atoms with Crippen molar-refractivity contribution in [1.82, 2.24) is 0 Å². The molecule has 0 heterocycles. The van der Waals surface area contributed by atoms with E-state index in [0.717, 1.165) is 0 Å². The van der Waals surface area contributed by atoms with Gasteiger partial charge in [0.05, 0.1) is 0 Å². The molecule has 0 rings (SSSR count). The van der Waals surface area contributed by atoms with Gasteiger partial charge in [0.1, 0.15) is 6.79 Å². The number of hydrogen-bond acceptors (Lipinski definition) is 2. The summed E-state index contributed by atoms with van der Waals surface area (Å²) in [6.45, 7) is 0.672. The molecule has 0 saturated heterocycles. The van der Waals surface area contributed by atoms with Gasteiger partial charge in [0.15, 0.2) is 0 Å². The number of ether oxygens (including phenoxy) is 2. The first kappa shape index (κ1) is 14.5. The van der Waals surface area contributed by atoms with Crippen LogP contribution in [0.4, 0.5) is 26.3 Å². The van der Waals surface area contributed by atoms with Crippen LogP contribution >= 0.6 is 0 Å². The molecule has 0 aliphatic carbocycles. The monoisotopic (exact) mass is 240 g/mol. The van der Waals surface area contributed by atoms with Crippen molar-refractivity contribution in [3.8, 4) is 0 Å². The molecule has 0 aliphatic heterocycles. The molecule has 0 aliphatic rings. The summed E-state index contributed by atoms with van der Waals surface area (Å²) in [5, 5.41) is 0. The molecule has 0 aromatic rings. The van der Waals surface area contributed by atoms with Gasteiger partial charge in [-0.05, 0) is 6.42 Å². The molecule has 0 bridgehead atoms. The second kappa shape index (κ2) is 5.55. The second-order valence-electron chi connectivity index (χ2n) is 2.66. The maximum Gasteiger partial charge on any atom is 0.423 e. The summed E-state index contributed by atoms with van der Waals surface area (Å²) in [5.74, 6) is 0. The van der Waals surface area contributed by atoms with Crippen molar-refractivity contribution in [2.24, 2.45) is 0 Å². The Morgan fingerprint density at radius 1 is 1.00 bits per heavy atom. The molecule has 0 amide bonds. The quantitative estimate of drug-likeness (QED) is 0.418. The third-order valence-electron chi connectivity index (χ3n) is 1.26. The van der Waals surface area contributed by atoms with Gasteiger partial charge >= 0.3 is 12.4 Å². The molecule has 92 valence electrons. The largest absolute Gasteiger partial charge is 0.423 e. The third-order valence-corrected chi connectivity index (χ3v) is 1.26. The van der Waals surface area contributed by atoms with E-state index in [2.05, 4.69) is 9.47 Å². The molecule has 2 nitrogen and oxygen atoms in total. The first-order valence-electron chi connectivity index (χ1n) is 4.02. The number of hydrogen-bond donors (Lipinski definition) is 0. The Bertz CT molecular complexity index is 161. The van der Waals surface area contributed by atoms with Gasteiger partial charge < -0.3 is 9.47 Å². The molecule has 0 unspecified atom stereocenters. The Morgan fingerprint density at radius 3 is 1.80 bits per heavy atom. The average Bonchev–Trinajstić information content (AvgIpc) is 1.99. The van der Waals surface area contributed by atoms with Crippen molar-refractivity contribution in [3.63, 3.8) is 0 Å². The van der Waals surface area contributed by atoms with Crippen molar-refractivity contribution >= 4 is 0 Å². The summed E-state index contributed by atoms with van der Waals surface area (Å²) < 4.78 is 78.9. The Morgan fingerprint density at radius 2 is 1.47 bits per heavy atom. The van der Waals surface area contributed by atoms with Crippen molar-refractivity contribution < 1.29 is 35.8 Å². The summed E-state index contributed by atoms with van der Waals surface area (Å²) in [6, 6.07) is 0. The first-order chi connectivity index (χ1) is 6.69. The predicted octanol–water partition coefficient (Wildman–Crippen LogP) is 2.88. The third kappa shape index (κ3) is 5.83. The van der Waals surface area contributed by atoms with Gasteiger partial charge in [0.2, 0.25) is 0 Å². The molecule has 0 saturated carbocycles. The summed E-state index contributed by atoms with van der Waals surface area (Å²) in [7, 11) is 0. The maximum atomic E-state index is 11.8. The maximum absolute atomic E-state index is 11.8. The lowest BCUT2D eigenvalue weighted by Gasteiger charge is -2.22. The van der Waals surface area contributed by atoms with Crippen LogP contribution in [0.5, 0.6) is 0 Å². The highest BCUT2D eigenvalue weighted by molar-refractivity contribution is 4.75. The van der Waals surface area contributed by atoms with E-state index >= 15 is 0 Å². The Hall–Kier alpha value is -0.500. The van der Waals surface area contributed by atoms with Crippen molar-refractivity contribution in [1.29, 1.82) is 0 Å². The van der Waals surface area contributed by atoms with Crippen molar-refractivity contribution in [2.75, 3.05) is 13.4 Å². The van der Waals surface area contributed by atoms with E-state index in [9.17, 15) is 26.3 Å². The molecule has 0 atom stereocenters. The zero-order valence-electron chi connectivity index (χ0n) is 7.78. The van der Waals surface area contributed by atoms with Crippen molar-refractivity contribution in [3.05, 3.63) is 0 Å². The van der Waals surface area contributed by atoms with Crippen LogP contribution in [0.15, 0.2) is 0 Å². The number of rotatable bonds is 5. The zero-order valence-corrected chi connectivity index (χ0v) is 7.78. The van der Waals surface area contributed by atoms with E-state index in [-0.39, 0.29) is 6.61 Å². The summed E-state index contributed by atoms with van der Waals surface area (Å²) in [6.07, 6.45) is -14.3. The molecule has 8 heteroatoms. The normalized spacial score (nSPS) is 13.6. The molecule has 0 spiro atoms. The van der Waals surface area contributed by atoms with Gasteiger partial charge in [-0.25, -0.2) is 0 Å². The zero-order chi connectivity index (χ0) is 12.1. The van der Waals surface area contributed by atoms with Crippen LogP contribution in [-0.2, 0) is 9.47 Å². The molecular weight excluding hydrogens is 230 g/mol. The van der Waals surface area contributed by atoms with Gasteiger partial charge in [0.25, 0.3) is 6.10 Å². The molecular formula is C7H10F6O2. The average molecular weight is 240 g/mol. The minimum atomic E-state index is -5.48. The topological polar surface area (TPSA) is 18.5 Å². The fourth-order valence-corrected chi connectivity index (χ4v) is 0.694. The van der Waals surface area contributed by atoms with E-state index in [0.29, 0.717) is 6.42 Å². The Labute approximate surface area is 82.1 Å². The van der Waals surface area contributed by atoms with Crippen LogP contribution < -0.4 is 0 Å². The van der Waals surface area contributed by atoms with Gasteiger partial charge in [-0.1, -0.05) is 6.92 Å². The van der Waals surface area contributed by atoms with Crippen LogP contribution in [-0.4, -0.2) is 31.9 Å². The molecule has 0 fully saturated rings. The van der Waals surface area contributed by atoms with E-state index in [1.54, 1.807) is 6.92 Å². The van der Waals surface area contributed by atoms with E-state index in [1.807, 2.05) is 0 Å². The van der Waals surface area contributed by atoms with Crippen LogP contribution in [0.2, 0.25) is 0 Å². The molecule has 0 aromatic carbocycles. The molecule has 0 N–H and O–H groups in total. The van der Waals surface area contributed by atoms with Crippen LogP contribution in [0.25, 0.3) is 0 Å². The van der Waals surface area contributed by atoms with Gasteiger partial charge in [0, 0.05) is 6.61 Å². The smallest absolute Gasteiger partial charge is 0.355 e. The van der Waals surface area contributed by atoms with Crippen LogP contribution in [0.3, 0.4) is 0 Å². The minimum absolute atomic E-state index is 0.0441. The standard InChI is InChI=1S/C7H10F6O2/c1-2-3-14-4-15-5(6(8,9)10)7(11,12)13/h5H,2-4H2,1H3. The second-order valence-corrected chi connectivity index (χ2v) is 2.66.